The molecule has 0 fully saturated rings. The van der Waals surface area contributed by atoms with Gasteiger partial charge in [0.05, 0.1) is 11.4 Å². The maximum Gasteiger partial charge on any atom is 0.227 e. The Kier molecular flexibility index (Phi) is 6.18. The number of fused-ring (bicyclic) bond motifs is 1. The Hall–Kier alpha value is -2.62. The van der Waals surface area contributed by atoms with Gasteiger partial charge in [-0.2, -0.15) is 5.10 Å². The van der Waals surface area contributed by atoms with Crippen LogP contribution in [0.3, 0.4) is 0 Å². The van der Waals surface area contributed by atoms with Crippen LogP contribution in [0.15, 0.2) is 42.5 Å². The van der Waals surface area contributed by atoms with E-state index < -0.39 is 0 Å². The Morgan fingerprint density at radius 1 is 1.11 bits per heavy atom. The van der Waals surface area contributed by atoms with Crippen LogP contribution in [-0.2, 0) is 17.8 Å². The first kappa shape index (κ1) is 20.1. The van der Waals surface area contributed by atoms with E-state index in [1.54, 1.807) is 0 Å². The molecule has 28 heavy (non-hydrogen) atoms. The number of benzene rings is 2. The molecule has 148 valence electrons. The number of hydrogen-bond acceptors (Lipinski definition) is 2. The third kappa shape index (κ3) is 4.11. The molecule has 0 atom stereocenters. The molecule has 0 N–H and O–H groups in total. The molecule has 4 heteroatoms. The number of nitrogens with zero attached hydrogens (tertiary/aromatic N) is 3. The van der Waals surface area contributed by atoms with Gasteiger partial charge in [-0.05, 0) is 50.1 Å². The molecular weight excluding hydrogens is 346 g/mol. The molecule has 1 amide bonds. The van der Waals surface area contributed by atoms with Gasteiger partial charge >= 0.3 is 0 Å². The fraction of sp³-hybridized carbons (Fsp3) is 0.417. The summed E-state index contributed by atoms with van der Waals surface area (Å²) in [5.41, 5.74) is 4.43. The summed E-state index contributed by atoms with van der Waals surface area (Å²) in [5.74, 6) is 0.712. The van der Waals surface area contributed by atoms with Crippen LogP contribution in [0.1, 0.15) is 44.1 Å². The minimum absolute atomic E-state index is 0.161. The number of amides is 1. The Balaban J connectivity index is 1.79. The van der Waals surface area contributed by atoms with Gasteiger partial charge < -0.3 is 4.90 Å². The first-order chi connectivity index (χ1) is 13.4. The first-order valence-electron chi connectivity index (χ1n) is 10.2. The lowest BCUT2D eigenvalue weighted by Crippen LogP contribution is -2.31. The normalized spacial score (nSPS) is 11.4. The molecule has 0 bridgehead atoms. The van der Waals surface area contributed by atoms with Crippen LogP contribution in [0.4, 0.5) is 5.69 Å². The van der Waals surface area contributed by atoms with Crippen LogP contribution < -0.4 is 4.90 Å². The molecule has 0 unspecified atom stereocenters. The predicted octanol–water partition coefficient (Wildman–Crippen LogP) is 5.29. The van der Waals surface area contributed by atoms with Gasteiger partial charge in [-0.3, -0.25) is 9.48 Å². The van der Waals surface area contributed by atoms with Crippen molar-refractivity contribution in [3.63, 3.8) is 0 Å². The zero-order valence-electron chi connectivity index (χ0n) is 17.7. The van der Waals surface area contributed by atoms with Gasteiger partial charge in [-0.25, -0.2) is 0 Å². The molecule has 0 aliphatic heterocycles. The minimum Gasteiger partial charge on any atom is -0.312 e. The summed E-state index contributed by atoms with van der Waals surface area (Å²) >= 11 is 0. The second-order valence-corrected chi connectivity index (χ2v) is 7.86. The lowest BCUT2D eigenvalue weighted by atomic mass is 10.1. The van der Waals surface area contributed by atoms with Crippen molar-refractivity contribution < 1.29 is 4.79 Å². The van der Waals surface area contributed by atoms with E-state index in [9.17, 15) is 4.79 Å². The summed E-state index contributed by atoms with van der Waals surface area (Å²) in [6, 6.07) is 14.4. The average Bonchev–Trinajstić information content (AvgIpc) is 2.93. The van der Waals surface area contributed by atoms with Crippen LogP contribution in [0.5, 0.6) is 0 Å². The highest BCUT2D eigenvalue weighted by molar-refractivity contribution is 6.03. The third-order valence-electron chi connectivity index (χ3n) is 5.33. The lowest BCUT2D eigenvalue weighted by Gasteiger charge is -2.23. The SMILES string of the molecule is CCN(C(=O)CCc1c(C)nn(CC(C)C)c1C)c1cccc2ccccc12. The summed E-state index contributed by atoms with van der Waals surface area (Å²) < 4.78 is 2.09. The van der Waals surface area contributed by atoms with E-state index in [1.807, 2.05) is 43.0 Å². The van der Waals surface area contributed by atoms with Gasteiger partial charge in [-0.1, -0.05) is 50.2 Å². The number of carbonyl (C=O) groups excluding carboxylic acids is 1. The molecule has 4 nitrogen and oxygen atoms in total. The maximum absolute atomic E-state index is 13.1. The fourth-order valence-corrected chi connectivity index (χ4v) is 3.91. The van der Waals surface area contributed by atoms with Gasteiger partial charge in [0.1, 0.15) is 0 Å². The predicted molar refractivity (Wildman–Crippen MR) is 117 cm³/mol. The number of aryl methyl sites for hydroxylation is 1. The van der Waals surface area contributed by atoms with Crippen molar-refractivity contribution in [2.75, 3.05) is 11.4 Å². The molecule has 0 aliphatic rings. The maximum atomic E-state index is 13.1. The molecule has 0 saturated heterocycles. The quantitative estimate of drug-likeness (QED) is 0.561. The fourth-order valence-electron chi connectivity index (χ4n) is 3.91. The molecule has 2 aromatic carbocycles. The van der Waals surface area contributed by atoms with Crippen molar-refractivity contribution in [3.05, 3.63) is 59.4 Å². The molecule has 3 rings (SSSR count). The first-order valence-corrected chi connectivity index (χ1v) is 10.2. The molecular formula is C24H31N3O. The van der Waals surface area contributed by atoms with Crippen molar-refractivity contribution in [3.8, 4) is 0 Å². The smallest absolute Gasteiger partial charge is 0.227 e. The molecule has 0 aliphatic carbocycles. The van der Waals surface area contributed by atoms with Crippen LogP contribution >= 0.6 is 0 Å². The summed E-state index contributed by atoms with van der Waals surface area (Å²) in [7, 11) is 0. The largest absolute Gasteiger partial charge is 0.312 e. The standard InChI is InChI=1S/C24H31N3O/c1-6-26(23-13-9-11-20-10-7-8-12-22(20)23)24(28)15-14-21-18(4)25-27(19(21)5)16-17(2)3/h7-13,17H,6,14-16H2,1-5H3. The minimum atomic E-state index is 0.161. The zero-order valence-corrected chi connectivity index (χ0v) is 17.7. The summed E-state index contributed by atoms with van der Waals surface area (Å²) in [6.07, 6.45) is 1.22. The number of rotatable bonds is 7. The summed E-state index contributed by atoms with van der Waals surface area (Å²) in [4.78, 5) is 15.0. The van der Waals surface area contributed by atoms with E-state index in [2.05, 4.69) is 48.8 Å². The van der Waals surface area contributed by atoms with Gasteiger partial charge in [0, 0.05) is 30.6 Å². The number of anilines is 1. The highest BCUT2D eigenvalue weighted by Gasteiger charge is 2.19. The topological polar surface area (TPSA) is 38.1 Å². The highest BCUT2D eigenvalue weighted by atomic mass is 16.2. The second-order valence-electron chi connectivity index (χ2n) is 7.86. The van der Waals surface area contributed by atoms with Crippen molar-refractivity contribution in [2.24, 2.45) is 5.92 Å². The van der Waals surface area contributed by atoms with E-state index in [0.717, 1.165) is 35.1 Å². The van der Waals surface area contributed by atoms with Gasteiger partial charge in [0.2, 0.25) is 5.91 Å². The van der Waals surface area contributed by atoms with Gasteiger partial charge in [0.25, 0.3) is 0 Å². The van der Waals surface area contributed by atoms with Gasteiger partial charge in [0.15, 0.2) is 0 Å². The van der Waals surface area contributed by atoms with E-state index in [4.69, 9.17) is 0 Å². The van der Waals surface area contributed by atoms with Crippen LogP contribution in [0.25, 0.3) is 10.8 Å². The highest BCUT2D eigenvalue weighted by Crippen LogP contribution is 2.27. The molecule has 0 spiro atoms. The third-order valence-corrected chi connectivity index (χ3v) is 5.33. The number of hydrogen-bond donors (Lipinski definition) is 0. The van der Waals surface area contributed by atoms with Crippen LogP contribution in [0, 0.1) is 19.8 Å². The monoisotopic (exact) mass is 377 g/mol. The van der Waals surface area contributed by atoms with E-state index in [0.29, 0.717) is 18.9 Å². The number of carbonyl (C=O) groups is 1. The molecule has 0 radical (unpaired) electrons. The van der Waals surface area contributed by atoms with Crippen molar-refractivity contribution >= 4 is 22.4 Å². The van der Waals surface area contributed by atoms with Crippen molar-refractivity contribution in [1.82, 2.24) is 9.78 Å². The second kappa shape index (κ2) is 8.59. The molecule has 0 saturated carbocycles. The lowest BCUT2D eigenvalue weighted by molar-refractivity contribution is -0.118. The summed E-state index contributed by atoms with van der Waals surface area (Å²) in [6.45, 7) is 12.2. The average molecular weight is 378 g/mol. The molecule has 1 aromatic heterocycles. The summed E-state index contributed by atoms with van der Waals surface area (Å²) in [5, 5.41) is 6.97. The Labute approximate surface area is 168 Å². The Morgan fingerprint density at radius 3 is 2.54 bits per heavy atom. The number of aromatic nitrogens is 2. The zero-order chi connectivity index (χ0) is 20.3. The van der Waals surface area contributed by atoms with E-state index >= 15 is 0 Å². The molecule has 1 heterocycles. The Bertz CT molecular complexity index is 966. The molecule has 3 aromatic rings. The van der Waals surface area contributed by atoms with Crippen LogP contribution in [0.2, 0.25) is 0 Å². The van der Waals surface area contributed by atoms with Crippen LogP contribution in [-0.4, -0.2) is 22.2 Å². The van der Waals surface area contributed by atoms with Gasteiger partial charge in [-0.15, -0.1) is 0 Å². The Morgan fingerprint density at radius 2 is 1.82 bits per heavy atom. The van der Waals surface area contributed by atoms with Crippen molar-refractivity contribution in [2.45, 2.75) is 54.0 Å². The van der Waals surface area contributed by atoms with E-state index in [1.165, 1.54) is 11.3 Å². The van der Waals surface area contributed by atoms with Crippen molar-refractivity contribution in [1.29, 1.82) is 0 Å². The van der Waals surface area contributed by atoms with E-state index in [-0.39, 0.29) is 5.91 Å².